The van der Waals surface area contributed by atoms with Crippen LogP contribution in [0.1, 0.15) is 83.2 Å². The van der Waals surface area contributed by atoms with Gasteiger partial charge in [0.05, 0.1) is 34.8 Å². The number of amides is 4. The van der Waals surface area contributed by atoms with Crippen molar-refractivity contribution < 1.29 is 33.8 Å². The number of carbonyl (C=O) groups excluding carboxylic acids is 4. The number of aryl methyl sites for hydroxylation is 1. The summed E-state index contributed by atoms with van der Waals surface area (Å²) in [6.45, 7) is 13.9. The van der Waals surface area contributed by atoms with E-state index in [0.717, 1.165) is 51.1 Å². The van der Waals surface area contributed by atoms with E-state index in [0.29, 0.717) is 49.6 Å². The van der Waals surface area contributed by atoms with Crippen LogP contribution in [-0.4, -0.2) is 141 Å². The summed E-state index contributed by atoms with van der Waals surface area (Å²) in [5, 5.41) is 19.6. The summed E-state index contributed by atoms with van der Waals surface area (Å²) in [4.78, 5) is 72.4. The maximum atomic E-state index is 14.6. The van der Waals surface area contributed by atoms with Gasteiger partial charge in [-0.3, -0.25) is 24.5 Å². The fourth-order valence-electron chi connectivity index (χ4n) is 10.1. The number of methoxy groups -OCH3 is 1. The average Bonchev–Trinajstić information content (AvgIpc) is 3.88. The number of aliphatic hydroxyl groups is 1. The van der Waals surface area contributed by atoms with Gasteiger partial charge in [-0.2, -0.15) is 5.43 Å². The lowest BCUT2D eigenvalue weighted by Crippen LogP contribution is -2.70. The first kappa shape index (κ1) is 45.6. The van der Waals surface area contributed by atoms with Crippen molar-refractivity contribution in [3.05, 3.63) is 58.2 Å². The Morgan fingerprint density at radius 1 is 1.16 bits per heavy atom. The van der Waals surface area contributed by atoms with E-state index in [4.69, 9.17) is 19.4 Å². The van der Waals surface area contributed by atoms with Crippen LogP contribution in [0.5, 0.6) is 0 Å². The molecule has 3 aromatic heterocycles. The number of rotatable bonds is 8. The van der Waals surface area contributed by atoms with Gasteiger partial charge >= 0.3 is 12.0 Å². The Balaban J connectivity index is 1.18. The summed E-state index contributed by atoms with van der Waals surface area (Å²) in [6, 6.07) is 8.66. The third-order valence-corrected chi connectivity index (χ3v) is 14.6. The molecular formula is C47H63N9O7S. The summed E-state index contributed by atoms with van der Waals surface area (Å²) >= 11 is 1.39. The number of pyridine rings is 1. The van der Waals surface area contributed by atoms with E-state index in [1.54, 1.807) is 20.4 Å². The number of piperidine rings is 1. The number of nitrogens with one attached hydrogen (secondary N) is 2. The monoisotopic (exact) mass is 897 g/mol. The van der Waals surface area contributed by atoms with Crippen molar-refractivity contribution >= 4 is 46.1 Å². The second-order valence-corrected chi connectivity index (χ2v) is 20.1. The standard InChI is InChI=1S/C47H63N9O7S/c1-10-55-37-15-14-29-19-33(37)34(41(55)32-13-11-17-48-39(32)28(4)62-9)22-46(5,6)26-63-44(59)47(61)16-12-18-56(51-47)43(58)35(21-38-49-36(29)25-64-38)50-42(57)40(27(2)3)53(8)45(60)54-23-30-20-31(24-54)52(30)7/h11,13-15,17,19,25,27-28,30-31,35,40,51,61H,10,12,16,18,20-24,26H2,1-9H3,(H,50,57)/t28-,30?,31?,35-,40-,47-/m0/s1. The Labute approximate surface area is 379 Å². The molecule has 0 spiro atoms. The predicted molar refractivity (Wildman–Crippen MR) is 244 cm³/mol. The minimum atomic E-state index is -2.20. The molecule has 4 amide bonds. The molecule has 4 aromatic rings. The molecule has 9 rings (SSSR count). The number of benzene rings is 1. The Morgan fingerprint density at radius 2 is 1.91 bits per heavy atom. The van der Waals surface area contributed by atoms with Crippen LogP contribution in [0.3, 0.4) is 0 Å². The molecule has 8 heterocycles. The summed E-state index contributed by atoms with van der Waals surface area (Å²) < 4.78 is 14.1. The number of ether oxygens (including phenoxy) is 2. The number of piperazine rings is 1. The second kappa shape index (κ2) is 17.8. The molecule has 344 valence electrons. The number of urea groups is 1. The number of aromatic nitrogens is 3. The largest absolute Gasteiger partial charge is 0.462 e. The number of cyclic esters (lactones) is 1. The first-order valence-electron chi connectivity index (χ1n) is 22.5. The molecule has 17 heteroatoms. The lowest BCUT2D eigenvalue weighted by Gasteiger charge is -2.55. The summed E-state index contributed by atoms with van der Waals surface area (Å²) in [7, 11) is 5.39. The van der Waals surface area contributed by atoms with Crippen molar-refractivity contribution in [2.45, 2.75) is 116 Å². The van der Waals surface area contributed by atoms with Crippen molar-refractivity contribution in [1.29, 1.82) is 0 Å². The predicted octanol–water partition coefficient (Wildman–Crippen LogP) is 4.99. The average molecular weight is 898 g/mol. The van der Waals surface area contributed by atoms with Crippen molar-refractivity contribution in [3.8, 4) is 22.5 Å². The highest BCUT2D eigenvalue weighted by Gasteiger charge is 2.47. The summed E-state index contributed by atoms with van der Waals surface area (Å²) in [5.74, 6) is -2.22. The van der Waals surface area contributed by atoms with Gasteiger partial charge in [0.1, 0.15) is 12.1 Å². The number of esters is 1. The van der Waals surface area contributed by atoms with Gasteiger partial charge in [0.15, 0.2) is 0 Å². The van der Waals surface area contributed by atoms with Crippen LogP contribution in [0.4, 0.5) is 4.79 Å². The van der Waals surface area contributed by atoms with Gasteiger partial charge in [-0.05, 0) is 75.9 Å². The number of likely N-dealkylation sites (N-methyl/N-ethyl adjacent to an activating group) is 2. The van der Waals surface area contributed by atoms with E-state index in [2.05, 4.69) is 58.4 Å². The van der Waals surface area contributed by atoms with Crippen LogP contribution in [0.2, 0.25) is 0 Å². The van der Waals surface area contributed by atoms with Crippen LogP contribution < -0.4 is 10.7 Å². The number of hydrogen-bond acceptors (Lipinski definition) is 12. The molecule has 1 aromatic carbocycles. The van der Waals surface area contributed by atoms with Gasteiger partial charge in [0.25, 0.3) is 5.91 Å². The number of fused-ring (bicyclic) bond motifs is 8. The van der Waals surface area contributed by atoms with Crippen LogP contribution in [0, 0.1) is 11.3 Å². The van der Waals surface area contributed by atoms with Crippen LogP contribution in [0.25, 0.3) is 33.4 Å². The zero-order chi connectivity index (χ0) is 45.8. The number of nitrogens with zero attached hydrogens (tertiary/aromatic N) is 7. The first-order valence-corrected chi connectivity index (χ1v) is 23.4. The van der Waals surface area contributed by atoms with Crippen molar-refractivity contribution in [3.63, 3.8) is 0 Å². The number of thiazole rings is 1. The topological polar surface area (TPSA) is 175 Å². The molecule has 64 heavy (non-hydrogen) atoms. The molecule has 16 nitrogen and oxygen atoms in total. The lowest BCUT2D eigenvalue weighted by molar-refractivity contribution is -0.189. The Kier molecular flexibility index (Phi) is 12.7. The summed E-state index contributed by atoms with van der Waals surface area (Å²) in [6.07, 6.45) is 3.39. The maximum Gasteiger partial charge on any atom is 0.355 e. The Hall–Kier alpha value is -4.94. The Bertz CT molecular complexity index is 2420. The smallest absolute Gasteiger partial charge is 0.355 e. The maximum absolute atomic E-state index is 14.6. The third kappa shape index (κ3) is 8.52. The minimum absolute atomic E-state index is 0.0115. The highest BCUT2D eigenvalue weighted by molar-refractivity contribution is 7.10. The zero-order valence-corrected chi connectivity index (χ0v) is 39.3. The fourth-order valence-corrected chi connectivity index (χ4v) is 10.9. The Morgan fingerprint density at radius 3 is 2.59 bits per heavy atom. The second-order valence-electron chi connectivity index (χ2n) is 19.2. The van der Waals surface area contributed by atoms with Crippen molar-refractivity contribution in [2.75, 3.05) is 47.4 Å². The molecule has 4 saturated heterocycles. The van der Waals surface area contributed by atoms with Gasteiger partial charge in [0, 0.05) is 104 Å². The highest BCUT2D eigenvalue weighted by atomic mass is 32.1. The van der Waals surface area contributed by atoms with Gasteiger partial charge in [-0.25, -0.2) is 14.6 Å². The molecule has 4 fully saturated rings. The van der Waals surface area contributed by atoms with Gasteiger partial charge in [0.2, 0.25) is 11.6 Å². The number of hydrazine groups is 1. The van der Waals surface area contributed by atoms with Crippen LogP contribution >= 0.6 is 11.3 Å². The fraction of sp³-hybridized carbons (Fsp3) is 0.574. The van der Waals surface area contributed by atoms with Gasteiger partial charge < -0.3 is 34.3 Å². The molecule has 5 aliphatic rings. The van der Waals surface area contributed by atoms with E-state index >= 15 is 0 Å². The summed E-state index contributed by atoms with van der Waals surface area (Å²) in [5.41, 5.74) is 6.41. The van der Waals surface area contributed by atoms with E-state index in [1.165, 1.54) is 21.2 Å². The van der Waals surface area contributed by atoms with E-state index < -0.39 is 41.0 Å². The van der Waals surface area contributed by atoms with Crippen molar-refractivity contribution in [2.24, 2.45) is 11.3 Å². The lowest BCUT2D eigenvalue weighted by atomic mass is 9.84. The molecule has 0 aliphatic carbocycles. The van der Waals surface area contributed by atoms with E-state index in [1.807, 2.05) is 51.0 Å². The van der Waals surface area contributed by atoms with Crippen molar-refractivity contribution in [1.82, 2.24) is 45.0 Å². The molecule has 8 bridgehead atoms. The number of carbonyl (C=O) groups is 4. The molecular weight excluding hydrogens is 835 g/mol. The number of hydrogen-bond donors (Lipinski definition) is 3. The van der Waals surface area contributed by atoms with Gasteiger partial charge in [-0.15, -0.1) is 11.3 Å². The van der Waals surface area contributed by atoms with Crippen LogP contribution in [0.15, 0.2) is 41.9 Å². The van der Waals surface area contributed by atoms with Gasteiger partial charge in [-0.1, -0.05) is 33.8 Å². The molecule has 0 saturated carbocycles. The quantitative estimate of drug-likeness (QED) is 0.204. The molecule has 5 aliphatic heterocycles. The minimum Gasteiger partial charge on any atom is -0.462 e. The highest BCUT2D eigenvalue weighted by Crippen LogP contribution is 2.42. The zero-order valence-electron chi connectivity index (χ0n) is 38.5. The normalized spacial score (nSPS) is 24.8. The SMILES string of the molecule is CCn1c(-c2cccnc2[C@H](C)OC)c2c3cc(ccc31)-c1csc(n1)C[C@H](NC(=O)[C@H](C(C)C)N(C)C(=O)N1CC3CC(C1)N3C)C(=O)N1CCC[C@@](O)(N1)C(=O)OCC(C)(C)C2. The van der Waals surface area contributed by atoms with E-state index in [-0.39, 0.29) is 44.0 Å². The van der Waals surface area contributed by atoms with E-state index in [9.17, 15) is 24.3 Å². The first-order chi connectivity index (χ1) is 30.4. The molecule has 3 N–H and O–H groups in total. The molecule has 6 atom stereocenters. The van der Waals surface area contributed by atoms with Crippen LogP contribution in [-0.2, 0) is 43.2 Å². The molecule has 0 radical (unpaired) electrons. The molecule has 2 unspecified atom stereocenters. The third-order valence-electron chi connectivity index (χ3n) is 13.7.